The number of aryl methyl sites for hydroxylation is 2. The molecule has 1 aliphatic carbocycles. The molecular weight excluding hydrogens is 474 g/mol. The van der Waals surface area contributed by atoms with Gasteiger partial charge in [0.15, 0.2) is 0 Å². The van der Waals surface area contributed by atoms with E-state index in [4.69, 9.17) is 9.47 Å². The van der Waals surface area contributed by atoms with Crippen molar-refractivity contribution in [3.8, 4) is 5.75 Å². The molecule has 2 aliphatic rings. The number of benzene rings is 1. The van der Waals surface area contributed by atoms with Crippen LogP contribution in [-0.4, -0.2) is 91.4 Å². The maximum absolute atomic E-state index is 13.1. The van der Waals surface area contributed by atoms with Gasteiger partial charge in [0, 0.05) is 33.7 Å². The molecule has 7 nitrogen and oxygen atoms in total. The first-order chi connectivity index (χ1) is 17.0. The monoisotopic (exact) mass is 521 g/mol. The summed E-state index contributed by atoms with van der Waals surface area (Å²) in [6.45, 7) is 14.0. The molecule has 8 heteroatoms. The van der Waals surface area contributed by atoms with Crippen LogP contribution in [0.5, 0.6) is 5.75 Å². The first-order valence-electron chi connectivity index (χ1n) is 13.4. The summed E-state index contributed by atoms with van der Waals surface area (Å²) in [6.07, 6.45) is 5.11. The van der Waals surface area contributed by atoms with E-state index in [0.29, 0.717) is 25.0 Å². The van der Waals surface area contributed by atoms with Gasteiger partial charge in [-0.3, -0.25) is 4.79 Å². The third-order valence-corrected chi connectivity index (χ3v) is 10.2. The zero-order chi connectivity index (χ0) is 26.5. The van der Waals surface area contributed by atoms with Gasteiger partial charge in [-0.25, -0.2) is 8.51 Å². The molecule has 0 bridgehead atoms. The number of carbonyl (C=O) groups excluding carboxylic acids is 1. The number of amides is 1. The predicted octanol–water partition coefficient (Wildman–Crippen LogP) is 3.89. The zero-order valence-corrected chi connectivity index (χ0v) is 24.3. The Labute approximate surface area is 221 Å². The summed E-state index contributed by atoms with van der Waals surface area (Å²) in [6, 6.07) is 3.80. The summed E-state index contributed by atoms with van der Waals surface area (Å²) in [5.41, 5.74) is 2.11. The topological polar surface area (TPSA) is 62.3 Å². The van der Waals surface area contributed by atoms with Crippen molar-refractivity contribution in [2.75, 3.05) is 67.1 Å². The minimum Gasteiger partial charge on any atom is -0.497 e. The normalized spacial score (nSPS) is 22.8. The van der Waals surface area contributed by atoms with E-state index in [9.17, 15) is 9.00 Å². The highest BCUT2D eigenvalue weighted by Gasteiger charge is 2.44. The second-order valence-corrected chi connectivity index (χ2v) is 12.8. The lowest BCUT2D eigenvalue weighted by Gasteiger charge is -2.37. The Balaban J connectivity index is 1.41. The number of rotatable bonds is 12. The highest BCUT2D eigenvalue weighted by molar-refractivity contribution is 7.82. The van der Waals surface area contributed by atoms with Gasteiger partial charge >= 0.3 is 0 Å². The summed E-state index contributed by atoms with van der Waals surface area (Å²) >= 11 is 0. The first-order valence-corrected chi connectivity index (χ1v) is 14.5. The van der Waals surface area contributed by atoms with E-state index >= 15 is 0 Å². The van der Waals surface area contributed by atoms with Gasteiger partial charge in [0.2, 0.25) is 5.91 Å². The van der Waals surface area contributed by atoms with Crippen LogP contribution in [0, 0.1) is 31.1 Å². The maximum atomic E-state index is 13.1. The second kappa shape index (κ2) is 12.9. The Morgan fingerprint density at radius 2 is 1.72 bits per heavy atom. The number of hydrogen-bond donors (Lipinski definition) is 0. The van der Waals surface area contributed by atoms with Crippen molar-refractivity contribution in [3.05, 3.63) is 23.3 Å². The van der Waals surface area contributed by atoms with E-state index in [-0.39, 0.29) is 17.9 Å². The van der Waals surface area contributed by atoms with E-state index in [1.165, 1.54) is 45.3 Å². The quantitative estimate of drug-likeness (QED) is 0.391. The van der Waals surface area contributed by atoms with Gasteiger partial charge in [0.25, 0.3) is 0 Å². The molecule has 0 N–H and O–H groups in total. The maximum Gasteiger partial charge on any atom is 0.248 e. The van der Waals surface area contributed by atoms with Gasteiger partial charge in [-0.2, -0.15) is 0 Å². The van der Waals surface area contributed by atoms with E-state index < -0.39 is 11.0 Å². The van der Waals surface area contributed by atoms with Gasteiger partial charge in [0.05, 0.1) is 18.6 Å². The molecule has 1 saturated carbocycles. The Kier molecular flexibility index (Phi) is 10.4. The van der Waals surface area contributed by atoms with Crippen molar-refractivity contribution >= 4 is 16.9 Å². The molecule has 1 amide bonds. The molecular formula is C28H47N3O4S. The first kappa shape index (κ1) is 29.1. The fourth-order valence-corrected chi connectivity index (χ4v) is 7.07. The molecule has 1 heterocycles. The molecule has 0 radical (unpaired) electrons. The summed E-state index contributed by atoms with van der Waals surface area (Å²) < 4.78 is 25.8. The van der Waals surface area contributed by atoms with Crippen molar-refractivity contribution in [1.82, 2.24) is 14.1 Å². The molecule has 1 saturated heterocycles. The van der Waals surface area contributed by atoms with E-state index in [0.717, 1.165) is 28.3 Å². The molecule has 204 valence electrons. The lowest BCUT2D eigenvalue weighted by atomic mass is 9.75. The second-order valence-electron chi connectivity index (χ2n) is 11.3. The van der Waals surface area contributed by atoms with Crippen LogP contribution in [0.25, 0.3) is 0 Å². The molecule has 1 aromatic carbocycles. The Morgan fingerprint density at radius 3 is 2.33 bits per heavy atom. The standard InChI is InChI=1S/C28H47N3O4S/c1-21-16-25(34-7)17-22(2)27(21)36(33)30(6)14-15-35-20-26(32)29(5)18-23-10-11-24(28(23,3)4)19-31-12-8-9-13-31/h16-17,23-24H,8-15,18-20H2,1-7H3. The van der Waals surface area contributed by atoms with Gasteiger partial charge < -0.3 is 19.3 Å². The molecule has 2 fully saturated rings. The molecule has 1 aromatic rings. The number of carbonyl (C=O) groups is 1. The Morgan fingerprint density at radius 1 is 1.11 bits per heavy atom. The van der Waals surface area contributed by atoms with Crippen molar-refractivity contribution in [3.63, 3.8) is 0 Å². The molecule has 3 unspecified atom stereocenters. The van der Waals surface area contributed by atoms with E-state index in [2.05, 4.69) is 18.7 Å². The predicted molar refractivity (Wildman–Crippen MR) is 146 cm³/mol. The number of likely N-dealkylation sites (N-methyl/N-ethyl adjacent to an activating group) is 2. The average molecular weight is 522 g/mol. The molecule has 3 rings (SSSR count). The SMILES string of the molecule is COc1cc(C)c(S(=O)N(C)CCOCC(=O)N(C)CC2CCC(CN3CCCC3)C2(C)C)c(C)c1. The van der Waals surface area contributed by atoms with Crippen LogP contribution >= 0.6 is 0 Å². The van der Waals surface area contributed by atoms with Crippen LogP contribution in [0.3, 0.4) is 0 Å². The molecule has 1 aliphatic heterocycles. The largest absolute Gasteiger partial charge is 0.497 e. The van der Waals surface area contributed by atoms with E-state index in [1.807, 2.05) is 45.0 Å². The smallest absolute Gasteiger partial charge is 0.248 e. The summed E-state index contributed by atoms with van der Waals surface area (Å²) in [7, 11) is 4.04. The number of methoxy groups -OCH3 is 1. The third-order valence-electron chi connectivity index (χ3n) is 8.47. The molecule has 36 heavy (non-hydrogen) atoms. The fraction of sp³-hybridized carbons (Fsp3) is 0.750. The molecule has 3 atom stereocenters. The minimum absolute atomic E-state index is 0.0133. The number of ether oxygens (including phenoxy) is 2. The Bertz CT molecular complexity index is 893. The lowest BCUT2D eigenvalue weighted by molar-refractivity contribution is -0.135. The van der Waals surface area contributed by atoms with Crippen LogP contribution in [0.1, 0.15) is 50.7 Å². The van der Waals surface area contributed by atoms with Gasteiger partial charge in [-0.05, 0) is 93.1 Å². The summed E-state index contributed by atoms with van der Waals surface area (Å²) in [4.78, 5) is 18.0. The summed E-state index contributed by atoms with van der Waals surface area (Å²) in [5.74, 6) is 2.00. The van der Waals surface area contributed by atoms with Gasteiger partial charge in [0.1, 0.15) is 23.3 Å². The van der Waals surface area contributed by atoms with Crippen molar-refractivity contribution in [2.24, 2.45) is 17.3 Å². The van der Waals surface area contributed by atoms with Gasteiger partial charge in [-0.1, -0.05) is 13.8 Å². The van der Waals surface area contributed by atoms with Crippen molar-refractivity contribution < 1.29 is 18.5 Å². The van der Waals surface area contributed by atoms with Crippen molar-refractivity contribution in [1.29, 1.82) is 0 Å². The summed E-state index contributed by atoms with van der Waals surface area (Å²) in [5, 5.41) is 0. The third kappa shape index (κ3) is 7.09. The van der Waals surface area contributed by atoms with Crippen LogP contribution in [-0.2, 0) is 20.5 Å². The number of hydrogen-bond acceptors (Lipinski definition) is 5. The number of nitrogens with zero attached hydrogens (tertiary/aromatic N) is 3. The highest BCUT2D eigenvalue weighted by atomic mass is 32.2. The van der Waals surface area contributed by atoms with Crippen LogP contribution in [0.4, 0.5) is 0 Å². The van der Waals surface area contributed by atoms with Crippen molar-refractivity contribution in [2.45, 2.75) is 58.3 Å². The van der Waals surface area contributed by atoms with Crippen LogP contribution in [0.15, 0.2) is 17.0 Å². The molecule has 0 spiro atoms. The van der Waals surface area contributed by atoms with E-state index in [1.54, 1.807) is 11.4 Å². The Hall–Kier alpha value is -1.48. The fourth-order valence-electron chi connectivity index (χ4n) is 5.85. The average Bonchev–Trinajstić information content (AvgIpc) is 3.44. The zero-order valence-electron chi connectivity index (χ0n) is 23.5. The van der Waals surface area contributed by atoms with Gasteiger partial charge in [-0.15, -0.1) is 0 Å². The highest BCUT2D eigenvalue weighted by Crippen LogP contribution is 2.48. The van der Waals surface area contributed by atoms with Crippen LogP contribution < -0.4 is 4.74 Å². The molecule has 0 aromatic heterocycles. The lowest BCUT2D eigenvalue weighted by Crippen LogP contribution is -2.41. The number of likely N-dealkylation sites (tertiary alicyclic amines) is 1. The minimum atomic E-state index is -1.30. The van der Waals surface area contributed by atoms with Crippen LogP contribution in [0.2, 0.25) is 0 Å².